The van der Waals surface area contributed by atoms with Crippen molar-refractivity contribution in [3.05, 3.63) is 23.9 Å². The second-order valence-corrected chi connectivity index (χ2v) is 4.31. The lowest BCUT2D eigenvalue weighted by Gasteiger charge is -2.05. The van der Waals surface area contributed by atoms with Crippen LogP contribution in [0.15, 0.2) is 28.5 Å². The third-order valence-corrected chi connectivity index (χ3v) is 3.01. The van der Waals surface area contributed by atoms with E-state index in [1.807, 2.05) is 0 Å². The second-order valence-electron chi connectivity index (χ2n) is 3.35. The molecule has 0 saturated carbocycles. The van der Waals surface area contributed by atoms with Gasteiger partial charge in [0.25, 0.3) is 0 Å². The van der Waals surface area contributed by atoms with E-state index in [0.717, 1.165) is 11.8 Å². The molecule has 0 saturated heterocycles. The monoisotopic (exact) mass is 294 g/mol. The van der Waals surface area contributed by atoms with Gasteiger partial charge in [-0.15, -0.1) is 4.98 Å². The van der Waals surface area contributed by atoms with Crippen LogP contribution in [0.3, 0.4) is 0 Å². The first-order valence-electron chi connectivity index (χ1n) is 5.34. The molecule has 0 aliphatic rings. The molecule has 0 fully saturated rings. The Bertz CT molecular complexity index is 615. The fourth-order valence-corrected chi connectivity index (χ4v) is 2.07. The van der Waals surface area contributed by atoms with Crippen LogP contribution in [0.1, 0.15) is 10.4 Å². The summed E-state index contributed by atoms with van der Waals surface area (Å²) in [7, 11) is 2.82. The maximum absolute atomic E-state index is 11.1. The topological polar surface area (TPSA) is 107 Å². The van der Waals surface area contributed by atoms with Crippen LogP contribution in [0.5, 0.6) is 12.0 Å². The van der Waals surface area contributed by atoms with E-state index in [1.54, 1.807) is 6.07 Å². The molecule has 0 atom stereocenters. The second kappa shape index (κ2) is 6.15. The molecule has 20 heavy (non-hydrogen) atoms. The van der Waals surface area contributed by atoms with Crippen molar-refractivity contribution < 1.29 is 19.4 Å². The number of ether oxygens (including phenoxy) is 2. The van der Waals surface area contributed by atoms with E-state index in [9.17, 15) is 4.79 Å². The summed E-state index contributed by atoms with van der Waals surface area (Å²) >= 11 is 0.987. The molecule has 0 radical (unpaired) electrons. The summed E-state index contributed by atoms with van der Waals surface area (Å²) in [6.07, 6.45) is 1.49. The summed E-state index contributed by atoms with van der Waals surface area (Å²) < 4.78 is 9.84. The van der Waals surface area contributed by atoms with E-state index < -0.39 is 5.97 Å². The summed E-state index contributed by atoms with van der Waals surface area (Å²) in [5.74, 6) is -1.08. The molecule has 0 unspecified atom stereocenters. The minimum absolute atomic E-state index is 0.0656. The fraction of sp³-hybridized carbons (Fsp3) is 0.182. The Morgan fingerprint density at radius 2 is 1.85 bits per heavy atom. The van der Waals surface area contributed by atoms with Gasteiger partial charge < -0.3 is 14.6 Å². The van der Waals surface area contributed by atoms with E-state index in [-0.39, 0.29) is 27.8 Å². The zero-order chi connectivity index (χ0) is 14.5. The van der Waals surface area contributed by atoms with Gasteiger partial charge in [-0.1, -0.05) is 0 Å². The van der Waals surface area contributed by atoms with E-state index in [0.29, 0.717) is 0 Å². The van der Waals surface area contributed by atoms with Gasteiger partial charge >= 0.3 is 18.0 Å². The number of aromatic nitrogens is 4. The molecule has 104 valence electrons. The Morgan fingerprint density at radius 3 is 2.40 bits per heavy atom. The van der Waals surface area contributed by atoms with Crippen molar-refractivity contribution in [2.45, 2.75) is 10.2 Å². The Kier molecular flexibility index (Phi) is 4.31. The van der Waals surface area contributed by atoms with Crippen LogP contribution in [-0.4, -0.2) is 45.2 Å². The quantitative estimate of drug-likeness (QED) is 0.868. The number of aromatic carboxylic acids is 1. The number of hydrogen-bond donors (Lipinski definition) is 1. The molecule has 0 bridgehead atoms. The first-order valence-corrected chi connectivity index (χ1v) is 6.16. The largest absolute Gasteiger partial charge is 0.478 e. The highest BCUT2D eigenvalue weighted by Gasteiger charge is 2.15. The van der Waals surface area contributed by atoms with E-state index in [4.69, 9.17) is 14.6 Å². The fourth-order valence-electron chi connectivity index (χ4n) is 1.27. The van der Waals surface area contributed by atoms with Gasteiger partial charge in [0.1, 0.15) is 5.03 Å². The Labute approximate surface area is 118 Å². The molecule has 0 amide bonds. The third-order valence-electron chi connectivity index (χ3n) is 2.13. The third kappa shape index (κ3) is 3.12. The molecule has 9 heteroatoms. The van der Waals surface area contributed by atoms with Gasteiger partial charge in [-0.3, -0.25) is 0 Å². The van der Waals surface area contributed by atoms with Crippen LogP contribution in [0, 0.1) is 0 Å². The number of pyridine rings is 1. The Balaban J connectivity index is 2.37. The minimum atomic E-state index is -1.08. The van der Waals surface area contributed by atoms with Crippen LogP contribution in [0.4, 0.5) is 0 Å². The summed E-state index contributed by atoms with van der Waals surface area (Å²) in [4.78, 5) is 27.0. The van der Waals surface area contributed by atoms with Crippen molar-refractivity contribution in [1.82, 2.24) is 19.9 Å². The number of rotatable bonds is 5. The molecule has 2 heterocycles. The Morgan fingerprint density at radius 1 is 1.20 bits per heavy atom. The predicted octanol–water partition coefficient (Wildman–Crippen LogP) is 1.13. The Hall–Kier alpha value is -2.42. The van der Waals surface area contributed by atoms with E-state index in [2.05, 4.69) is 19.9 Å². The van der Waals surface area contributed by atoms with E-state index in [1.165, 1.54) is 26.5 Å². The smallest absolute Gasteiger partial charge is 0.338 e. The average Bonchev–Trinajstić information content (AvgIpc) is 2.47. The highest BCUT2D eigenvalue weighted by Crippen LogP contribution is 2.27. The molecule has 0 spiro atoms. The van der Waals surface area contributed by atoms with Crippen molar-refractivity contribution in [3.8, 4) is 12.0 Å². The van der Waals surface area contributed by atoms with Crippen LogP contribution in [0.25, 0.3) is 0 Å². The van der Waals surface area contributed by atoms with Gasteiger partial charge in [-0.05, 0) is 23.9 Å². The molecule has 2 aromatic rings. The van der Waals surface area contributed by atoms with Crippen LogP contribution in [0.2, 0.25) is 0 Å². The molecule has 8 nitrogen and oxygen atoms in total. The van der Waals surface area contributed by atoms with Crippen molar-refractivity contribution in [2.24, 2.45) is 0 Å². The summed E-state index contributed by atoms with van der Waals surface area (Å²) in [6, 6.07) is 3.15. The molecule has 0 aliphatic heterocycles. The SMILES string of the molecule is COc1nc(OC)nc(Sc2ncccc2C(=O)O)n1. The van der Waals surface area contributed by atoms with Crippen LogP contribution in [-0.2, 0) is 0 Å². The van der Waals surface area contributed by atoms with Gasteiger partial charge in [-0.2, -0.15) is 9.97 Å². The number of carboxylic acids is 1. The minimum Gasteiger partial charge on any atom is -0.478 e. The molecule has 1 N–H and O–H groups in total. The van der Waals surface area contributed by atoms with Crippen molar-refractivity contribution in [1.29, 1.82) is 0 Å². The first-order chi connectivity index (χ1) is 9.63. The lowest BCUT2D eigenvalue weighted by Crippen LogP contribution is -2.03. The number of methoxy groups -OCH3 is 2. The van der Waals surface area contributed by atoms with Crippen molar-refractivity contribution in [2.75, 3.05) is 14.2 Å². The van der Waals surface area contributed by atoms with Gasteiger partial charge in [0.2, 0.25) is 5.16 Å². The van der Waals surface area contributed by atoms with Crippen LogP contribution >= 0.6 is 11.8 Å². The van der Waals surface area contributed by atoms with Crippen molar-refractivity contribution in [3.63, 3.8) is 0 Å². The highest BCUT2D eigenvalue weighted by molar-refractivity contribution is 7.99. The van der Waals surface area contributed by atoms with E-state index >= 15 is 0 Å². The average molecular weight is 294 g/mol. The number of carbonyl (C=O) groups is 1. The molecular formula is C11H10N4O4S. The van der Waals surface area contributed by atoms with Crippen LogP contribution < -0.4 is 9.47 Å². The standard InChI is InChI=1S/C11H10N4O4S/c1-18-9-13-10(19-2)15-11(14-9)20-7-6(8(16)17)4-3-5-12-7/h3-5H,1-2H3,(H,16,17). The van der Waals surface area contributed by atoms with Crippen molar-refractivity contribution >= 4 is 17.7 Å². The lowest BCUT2D eigenvalue weighted by atomic mass is 10.3. The maximum Gasteiger partial charge on any atom is 0.338 e. The maximum atomic E-state index is 11.1. The normalized spacial score (nSPS) is 10.1. The molecule has 2 rings (SSSR count). The summed E-state index contributed by atoms with van der Waals surface area (Å²) in [5.41, 5.74) is 0.0656. The molecule has 0 aliphatic carbocycles. The number of nitrogens with zero attached hydrogens (tertiary/aromatic N) is 4. The number of carboxylic acid groups (broad SMARTS) is 1. The van der Waals surface area contributed by atoms with Gasteiger partial charge in [0, 0.05) is 6.20 Å². The predicted molar refractivity (Wildman–Crippen MR) is 68.3 cm³/mol. The molecule has 0 aromatic carbocycles. The highest BCUT2D eigenvalue weighted by atomic mass is 32.2. The zero-order valence-corrected chi connectivity index (χ0v) is 11.4. The molecule has 2 aromatic heterocycles. The summed E-state index contributed by atoms with van der Waals surface area (Å²) in [5, 5.41) is 9.59. The van der Waals surface area contributed by atoms with Gasteiger partial charge in [0.15, 0.2) is 0 Å². The lowest BCUT2D eigenvalue weighted by molar-refractivity contribution is 0.0692. The zero-order valence-electron chi connectivity index (χ0n) is 10.6. The summed E-state index contributed by atoms with van der Waals surface area (Å²) in [6.45, 7) is 0. The number of hydrogen-bond acceptors (Lipinski definition) is 8. The van der Waals surface area contributed by atoms with Gasteiger partial charge in [0.05, 0.1) is 19.8 Å². The van der Waals surface area contributed by atoms with Gasteiger partial charge in [-0.25, -0.2) is 9.78 Å². The molecular weight excluding hydrogens is 284 g/mol. The first kappa shape index (κ1) is 14.0.